The van der Waals surface area contributed by atoms with Gasteiger partial charge in [0, 0.05) is 13.1 Å². The van der Waals surface area contributed by atoms with Gasteiger partial charge in [0.15, 0.2) is 11.6 Å². The zero-order valence-corrected chi connectivity index (χ0v) is 20.7. The fourth-order valence-electron chi connectivity index (χ4n) is 4.77. The van der Waals surface area contributed by atoms with Crippen molar-refractivity contribution in [2.45, 2.75) is 52.4 Å². The van der Waals surface area contributed by atoms with Crippen LogP contribution in [0.25, 0.3) is 0 Å². The highest BCUT2D eigenvalue weighted by atomic mass is 32.1. The summed E-state index contributed by atoms with van der Waals surface area (Å²) in [4.78, 5) is 68.4. The van der Waals surface area contributed by atoms with Crippen molar-refractivity contribution in [3.8, 4) is 0 Å². The third-order valence-corrected chi connectivity index (χ3v) is 8.66. The number of aryl methyl sites for hydroxylation is 2. The lowest BCUT2D eigenvalue weighted by molar-refractivity contribution is 0.0965. The maximum Gasteiger partial charge on any atom is 0.227 e. The van der Waals surface area contributed by atoms with Crippen molar-refractivity contribution in [2.24, 2.45) is 21.8 Å². The topological polar surface area (TPSA) is 119 Å². The minimum absolute atomic E-state index is 0.0628. The van der Waals surface area contributed by atoms with Gasteiger partial charge in [-0.3, -0.25) is 29.2 Å². The van der Waals surface area contributed by atoms with Gasteiger partial charge in [0.05, 0.1) is 34.3 Å². The molecule has 0 unspecified atom stereocenters. The number of carbonyl (C=O) groups is 4. The second kappa shape index (κ2) is 9.14. The Morgan fingerprint density at radius 3 is 1.47 bits per heavy atom. The number of Topliss-reactive ketones (excluding diaryl/α,β-unsaturated/α-hetero) is 4. The maximum absolute atomic E-state index is 12.7. The monoisotopic (exact) mass is 496 g/mol. The van der Waals surface area contributed by atoms with Gasteiger partial charge in [-0.15, -0.1) is 22.7 Å². The number of aliphatic imine (C=N–C) groups is 2. The smallest absolute Gasteiger partial charge is 0.227 e. The van der Waals surface area contributed by atoms with E-state index < -0.39 is 0 Å². The van der Waals surface area contributed by atoms with Crippen LogP contribution < -0.4 is 0 Å². The van der Waals surface area contributed by atoms with Crippen molar-refractivity contribution < 1.29 is 19.2 Å². The molecule has 0 aliphatic heterocycles. The number of carbonyl (C=O) groups excluding carboxylic acids is 4. The number of hydrogen-bond acceptors (Lipinski definition) is 10. The standard InChI is InChI=1S/C24H24N4O4S2/c1-11-27-19-21(31)15(7-17(29)23(19)33-11)25-9-13-3-5-14(6-4-13)10-26-16-8-18(30)24-20(22(16)32)28-12(2)34-24/h13-14H,3-10H2,1-2H3. The van der Waals surface area contributed by atoms with E-state index in [2.05, 4.69) is 20.0 Å². The van der Waals surface area contributed by atoms with E-state index in [1.807, 2.05) is 0 Å². The van der Waals surface area contributed by atoms with E-state index >= 15 is 0 Å². The normalized spacial score (nSPS) is 25.2. The molecule has 0 spiro atoms. The lowest BCUT2D eigenvalue weighted by Crippen LogP contribution is -2.28. The molecular weight excluding hydrogens is 472 g/mol. The first-order chi connectivity index (χ1) is 16.3. The van der Waals surface area contributed by atoms with Crippen LogP contribution in [0.4, 0.5) is 0 Å². The molecule has 0 saturated heterocycles. The van der Waals surface area contributed by atoms with Gasteiger partial charge in [0.2, 0.25) is 11.6 Å². The lowest BCUT2D eigenvalue weighted by atomic mass is 9.82. The summed E-state index contributed by atoms with van der Waals surface area (Å²) in [6.45, 7) is 4.66. The summed E-state index contributed by atoms with van der Waals surface area (Å²) in [7, 11) is 0. The molecule has 10 heteroatoms. The molecule has 0 atom stereocenters. The molecule has 0 amide bonds. The summed E-state index contributed by atoms with van der Waals surface area (Å²) >= 11 is 2.55. The van der Waals surface area contributed by atoms with Crippen LogP contribution in [-0.2, 0) is 0 Å². The number of thiazole rings is 2. The molecule has 5 rings (SSSR count). The molecule has 3 aliphatic carbocycles. The highest BCUT2D eigenvalue weighted by Gasteiger charge is 2.34. The van der Waals surface area contributed by atoms with E-state index in [1.165, 1.54) is 22.7 Å². The third-order valence-electron chi connectivity index (χ3n) is 6.63. The summed E-state index contributed by atoms with van der Waals surface area (Å²) in [5, 5.41) is 1.44. The Morgan fingerprint density at radius 2 is 1.09 bits per heavy atom. The van der Waals surface area contributed by atoms with Crippen LogP contribution in [0, 0.1) is 25.7 Å². The van der Waals surface area contributed by atoms with Crippen molar-refractivity contribution in [1.29, 1.82) is 0 Å². The van der Waals surface area contributed by atoms with Gasteiger partial charge in [-0.05, 0) is 51.4 Å². The first kappa shape index (κ1) is 23.0. The first-order valence-corrected chi connectivity index (χ1v) is 13.1. The van der Waals surface area contributed by atoms with Crippen LogP contribution in [-0.4, -0.2) is 57.6 Å². The number of hydrogen-bond donors (Lipinski definition) is 0. The SMILES string of the molecule is Cc1nc2c(s1)C(=O)CC(=NCC1CCC(CN=C3CC(=O)c4sc(C)nc4C3=O)CC1)C2=O. The quantitative estimate of drug-likeness (QED) is 0.627. The fourth-order valence-corrected chi connectivity index (χ4v) is 6.48. The van der Waals surface area contributed by atoms with E-state index in [0.717, 1.165) is 35.7 Å². The Morgan fingerprint density at radius 1 is 0.706 bits per heavy atom. The van der Waals surface area contributed by atoms with E-state index in [1.54, 1.807) is 13.8 Å². The number of nitrogens with zero attached hydrogens (tertiary/aromatic N) is 4. The van der Waals surface area contributed by atoms with Gasteiger partial charge in [-0.2, -0.15) is 0 Å². The highest BCUT2D eigenvalue weighted by Crippen LogP contribution is 2.31. The second-order valence-electron chi connectivity index (χ2n) is 9.14. The van der Waals surface area contributed by atoms with Gasteiger partial charge >= 0.3 is 0 Å². The zero-order valence-electron chi connectivity index (χ0n) is 19.0. The zero-order chi connectivity index (χ0) is 24.0. The van der Waals surface area contributed by atoms with Crippen molar-refractivity contribution >= 4 is 57.2 Å². The Hall–Kier alpha value is -2.72. The van der Waals surface area contributed by atoms with Crippen molar-refractivity contribution in [1.82, 2.24) is 9.97 Å². The van der Waals surface area contributed by atoms with Gasteiger partial charge in [-0.25, -0.2) is 9.97 Å². The highest BCUT2D eigenvalue weighted by molar-refractivity contribution is 7.14. The van der Waals surface area contributed by atoms with Crippen LogP contribution >= 0.6 is 22.7 Å². The van der Waals surface area contributed by atoms with Crippen LogP contribution in [0.3, 0.4) is 0 Å². The Balaban J connectivity index is 1.15. The second-order valence-corrected chi connectivity index (χ2v) is 11.5. The van der Waals surface area contributed by atoms with Crippen molar-refractivity contribution in [2.75, 3.05) is 13.1 Å². The molecule has 2 aromatic heterocycles. The predicted octanol–water partition coefficient (Wildman–Crippen LogP) is 4.14. The molecule has 2 aromatic rings. The number of rotatable bonds is 4. The van der Waals surface area contributed by atoms with E-state index in [-0.39, 0.29) is 47.4 Å². The average molecular weight is 497 g/mol. The Bertz CT molecular complexity index is 1180. The molecule has 0 N–H and O–H groups in total. The minimum atomic E-state index is -0.214. The predicted molar refractivity (Wildman–Crippen MR) is 130 cm³/mol. The van der Waals surface area contributed by atoms with Gasteiger partial charge < -0.3 is 0 Å². The molecular formula is C24H24N4O4S2. The molecule has 8 nitrogen and oxygen atoms in total. The van der Waals surface area contributed by atoms with Gasteiger partial charge in [-0.1, -0.05) is 0 Å². The van der Waals surface area contributed by atoms with Crippen molar-refractivity contribution in [3.05, 3.63) is 31.2 Å². The van der Waals surface area contributed by atoms with E-state index in [9.17, 15) is 19.2 Å². The Labute approximate surface area is 204 Å². The van der Waals surface area contributed by atoms with Crippen LogP contribution in [0.2, 0.25) is 0 Å². The number of ketones is 4. The van der Waals surface area contributed by atoms with E-state index in [4.69, 9.17) is 0 Å². The van der Waals surface area contributed by atoms with Gasteiger partial charge in [0.1, 0.15) is 21.1 Å². The third kappa shape index (κ3) is 4.36. The fraction of sp³-hybridized carbons (Fsp3) is 0.500. The molecule has 3 aliphatic rings. The molecule has 176 valence electrons. The summed E-state index contributed by atoms with van der Waals surface area (Å²) in [5.74, 6) is 0.143. The molecule has 0 radical (unpaired) electrons. The first-order valence-electron chi connectivity index (χ1n) is 11.5. The van der Waals surface area contributed by atoms with Crippen LogP contribution in [0.1, 0.15) is 88.9 Å². The molecule has 1 fully saturated rings. The average Bonchev–Trinajstić information content (AvgIpc) is 3.41. The number of fused-ring (bicyclic) bond motifs is 2. The Kier molecular flexibility index (Phi) is 6.20. The van der Waals surface area contributed by atoms with Crippen LogP contribution in [0.15, 0.2) is 9.98 Å². The number of aromatic nitrogens is 2. The largest absolute Gasteiger partial charge is 0.293 e. The van der Waals surface area contributed by atoms with Gasteiger partial charge in [0.25, 0.3) is 0 Å². The molecule has 0 bridgehead atoms. The summed E-state index contributed by atoms with van der Waals surface area (Å²) in [5.41, 5.74) is 1.17. The lowest BCUT2D eigenvalue weighted by Gasteiger charge is -2.27. The van der Waals surface area contributed by atoms with Crippen LogP contribution in [0.5, 0.6) is 0 Å². The summed E-state index contributed by atoms with van der Waals surface area (Å²) in [6, 6.07) is 0. The minimum Gasteiger partial charge on any atom is -0.293 e. The summed E-state index contributed by atoms with van der Waals surface area (Å²) in [6.07, 6.45) is 3.95. The van der Waals surface area contributed by atoms with Crippen molar-refractivity contribution in [3.63, 3.8) is 0 Å². The molecule has 0 aromatic carbocycles. The molecule has 1 saturated carbocycles. The molecule has 2 heterocycles. The maximum atomic E-state index is 12.7. The summed E-state index contributed by atoms with van der Waals surface area (Å²) < 4.78 is 0. The molecule has 34 heavy (non-hydrogen) atoms. The van der Waals surface area contributed by atoms with E-state index in [0.29, 0.717) is 46.1 Å².